The van der Waals surface area contributed by atoms with Crippen LogP contribution in [0.2, 0.25) is 0 Å². The number of para-hydroxylation sites is 2. The molecule has 0 spiro atoms. The van der Waals surface area contributed by atoms with Crippen molar-refractivity contribution >= 4 is 43.6 Å². The van der Waals surface area contributed by atoms with Crippen LogP contribution in [0.3, 0.4) is 0 Å². The number of methoxy groups -OCH3 is 1. The molecule has 0 aliphatic carbocycles. The van der Waals surface area contributed by atoms with Crippen LogP contribution in [-0.4, -0.2) is 28.0 Å². The van der Waals surface area contributed by atoms with Gasteiger partial charge >= 0.3 is 0 Å². The Morgan fingerprint density at radius 1 is 1.17 bits per heavy atom. The van der Waals surface area contributed by atoms with Gasteiger partial charge in [0, 0.05) is 0 Å². The Labute approximate surface area is 135 Å². The topological polar surface area (TPSA) is 79.9 Å². The van der Waals surface area contributed by atoms with Crippen molar-refractivity contribution in [1.29, 1.82) is 0 Å². The van der Waals surface area contributed by atoms with Gasteiger partial charge in [0.2, 0.25) is 0 Å². The molecular formula is C16H12N4O2S. The standard InChI is InChI=1S/C16H12N4O2S/c1-22-9-6-7-12-13(8-9)23-16(19-12)20-15(21)14-17-10-4-2-3-5-11(10)18-14/h2-8H,1H3,(H,17,18)(H,19,20,21). The zero-order chi connectivity index (χ0) is 15.8. The van der Waals surface area contributed by atoms with Crippen molar-refractivity contribution in [3.63, 3.8) is 0 Å². The molecule has 2 N–H and O–H groups in total. The number of carbonyl (C=O) groups is 1. The lowest BCUT2D eigenvalue weighted by Gasteiger charge is -1.96. The Morgan fingerprint density at radius 3 is 2.87 bits per heavy atom. The van der Waals surface area contributed by atoms with E-state index in [1.165, 1.54) is 11.3 Å². The number of imidazole rings is 1. The maximum atomic E-state index is 12.3. The third-order valence-corrected chi connectivity index (χ3v) is 4.35. The van der Waals surface area contributed by atoms with E-state index < -0.39 is 0 Å². The summed E-state index contributed by atoms with van der Waals surface area (Å²) in [6.07, 6.45) is 0. The fourth-order valence-electron chi connectivity index (χ4n) is 2.30. The number of anilines is 1. The summed E-state index contributed by atoms with van der Waals surface area (Å²) in [4.78, 5) is 24.0. The monoisotopic (exact) mass is 324 g/mol. The van der Waals surface area contributed by atoms with Gasteiger partial charge in [0.25, 0.3) is 5.91 Å². The number of aromatic amines is 1. The maximum Gasteiger partial charge on any atom is 0.293 e. The van der Waals surface area contributed by atoms with Crippen LogP contribution in [0.4, 0.5) is 5.13 Å². The van der Waals surface area contributed by atoms with Gasteiger partial charge in [-0.3, -0.25) is 10.1 Å². The summed E-state index contributed by atoms with van der Waals surface area (Å²) in [5.41, 5.74) is 2.40. The number of hydrogen-bond donors (Lipinski definition) is 2. The number of thiazole rings is 1. The van der Waals surface area contributed by atoms with Gasteiger partial charge in [-0.25, -0.2) is 9.97 Å². The highest BCUT2D eigenvalue weighted by Crippen LogP contribution is 2.29. The molecule has 6 nitrogen and oxygen atoms in total. The van der Waals surface area contributed by atoms with Crippen LogP contribution >= 0.6 is 11.3 Å². The van der Waals surface area contributed by atoms with Gasteiger partial charge in [-0.1, -0.05) is 23.5 Å². The van der Waals surface area contributed by atoms with Gasteiger partial charge in [0.1, 0.15) is 5.75 Å². The molecule has 23 heavy (non-hydrogen) atoms. The van der Waals surface area contributed by atoms with Gasteiger partial charge in [0.15, 0.2) is 11.0 Å². The highest BCUT2D eigenvalue weighted by Gasteiger charge is 2.14. The molecule has 0 saturated carbocycles. The Hall–Kier alpha value is -2.93. The molecule has 0 bridgehead atoms. The Balaban J connectivity index is 1.62. The molecule has 0 fully saturated rings. The van der Waals surface area contributed by atoms with Crippen LogP contribution in [0.5, 0.6) is 5.75 Å². The number of fused-ring (bicyclic) bond motifs is 2. The number of nitrogens with one attached hydrogen (secondary N) is 2. The molecule has 0 saturated heterocycles. The Morgan fingerprint density at radius 2 is 2.04 bits per heavy atom. The average Bonchev–Trinajstić information content (AvgIpc) is 3.17. The average molecular weight is 324 g/mol. The fraction of sp³-hybridized carbons (Fsp3) is 0.0625. The molecule has 2 heterocycles. The molecule has 0 atom stereocenters. The second kappa shape index (κ2) is 5.36. The van der Waals surface area contributed by atoms with Crippen LogP contribution in [0, 0.1) is 0 Å². The number of rotatable bonds is 3. The van der Waals surface area contributed by atoms with Crippen LogP contribution in [0.1, 0.15) is 10.6 Å². The number of amides is 1. The predicted molar refractivity (Wildman–Crippen MR) is 90.2 cm³/mol. The number of benzene rings is 2. The normalized spacial score (nSPS) is 11.0. The van der Waals surface area contributed by atoms with Crippen LogP contribution in [0.25, 0.3) is 21.3 Å². The maximum absolute atomic E-state index is 12.3. The van der Waals surface area contributed by atoms with Crippen molar-refractivity contribution < 1.29 is 9.53 Å². The van der Waals surface area contributed by atoms with Crippen molar-refractivity contribution in [2.24, 2.45) is 0 Å². The quantitative estimate of drug-likeness (QED) is 0.605. The summed E-state index contributed by atoms with van der Waals surface area (Å²) in [5, 5.41) is 3.31. The first-order chi connectivity index (χ1) is 11.2. The number of nitrogens with zero attached hydrogens (tertiary/aromatic N) is 2. The third-order valence-electron chi connectivity index (χ3n) is 3.42. The molecule has 4 rings (SSSR count). The summed E-state index contributed by atoms with van der Waals surface area (Å²) in [5.74, 6) is 0.714. The number of H-pyrrole nitrogens is 1. The Bertz CT molecular complexity index is 988. The minimum absolute atomic E-state index is 0.267. The SMILES string of the molecule is COc1ccc2nc(NC(=O)c3nc4ccccc4[nH]3)sc2c1. The fourth-order valence-corrected chi connectivity index (χ4v) is 3.19. The first-order valence-electron chi connectivity index (χ1n) is 6.93. The van der Waals surface area contributed by atoms with E-state index in [4.69, 9.17) is 4.74 Å². The van der Waals surface area contributed by atoms with Gasteiger partial charge in [-0.15, -0.1) is 0 Å². The zero-order valence-electron chi connectivity index (χ0n) is 12.2. The summed E-state index contributed by atoms with van der Waals surface area (Å²) in [7, 11) is 1.62. The summed E-state index contributed by atoms with van der Waals surface area (Å²) >= 11 is 1.39. The first-order valence-corrected chi connectivity index (χ1v) is 7.75. The lowest BCUT2D eigenvalue weighted by molar-refractivity contribution is 0.101. The number of hydrogen-bond acceptors (Lipinski definition) is 5. The molecule has 4 aromatic rings. The van der Waals surface area contributed by atoms with Crippen molar-refractivity contribution in [3.05, 3.63) is 48.3 Å². The summed E-state index contributed by atoms with van der Waals surface area (Å²) < 4.78 is 6.14. The lowest BCUT2D eigenvalue weighted by Crippen LogP contribution is -2.13. The van der Waals surface area contributed by atoms with Crippen LogP contribution < -0.4 is 10.1 Å². The molecule has 2 aromatic carbocycles. The van der Waals surface area contributed by atoms with Crippen LogP contribution in [-0.2, 0) is 0 Å². The molecule has 1 amide bonds. The van der Waals surface area contributed by atoms with Crippen molar-refractivity contribution in [2.75, 3.05) is 12.4 Å². The molecule has 2 aromatic heterocycles. The Kier molecular flexibility index (Phi) is 3.20. The second-order valence-electron chi connectivity index (χ2n) is 4.91. The van der Waals surface area contributed by atoms with Gasteiger partial charge in [-0.05, 0) is 30.3 Å². The molecule has 0 unspecified atom stereocenters. The number of carbonyl (C=O) groups excluding carboxylic acids is 1. The lowest BCUT2D eigenvalue weighted by atomic mass is 10.3. The number of aromatic nitrogens is 3. The van der Waals surface area contributed by atoms with E-state index in [-0.39, 0.29) is 11.7 Å². The molecular weight excluding hydrogens is 312 g/mol. The van der Waals surface area contributed by atoms with Crippen LogP contribution in [0.15, 0.2) is 42.5 Å². The van der Waals surface area contributed by atoms with Gasteiger partial charge in [0.05, 0.1) is 28.4 Å². The van der Waals surface area contributed by atoms with Gasteiger partial charge < -0.3 is 9.72 Å². The van der Waals surface area contributed by atoms with Crippen molar-refractivity contribution in [3.8, 4) is 5.75 Å². The first kappa shape index (κ1) is 13.7. The third kappa shape index (κ3) is 2.51. The zero-order valence-corrected chi connectivity index (χ0v) is 13.0. The molecule has 0 aliphatic heterocycles. The largest absolute Gasteiger partial charge is 0.497 e. The van der Waals surface area contributed by atoms with E-state index in [0.29, 0.717) is 5.13 Å². The number of ether oxygens (including phenoxy) is 1. The smallest absolute Gasteiger partial charge is 0.293 e. The van der Waals surface area contributed by atoms with Crippen molar-refractivity contribution in [1.82, 2.24) is 15.0 Å². The highest BCUT2D eigenvalue weighted by atomic mass is 32.1. The van der Waals surface area contributed by atoms with E-state index in [0.717, 1.165) is 27.0 Å². The van der Waals surface area contributed by atoms with E-state index in [1.54, 1.807) is 7.11 Å². The highest BCUT2D eigenvalue weighted by molar-refractivity contribution is 7.22. The molecule has 0 aliphatic rings. The van der Waals surface area contributed by atoms with Gasteiger partial charge in [-0.2, -0.15) is 0 Å². The van der Waals surface area contributed by atoms with E-state index in [1.807, 2.05) is 42.5 Å². The minimum atomic E-state index is -0.313. The second-order valence-corrected chi connectivity index (χ2v) is 5.94. The minimum Gasteiger partial charge on any atom is -0.497 e. The molecule has 7 heteroatoms. The molecule has 0 radical (unpaired) electrons. The van der Waals surface area contributed by atoms with E-state index in [9.17, 15) is 4.79 Å². The summed E-state index contributed by atoms with van der Waals surface area (Å²) in [6, 6.07) is 13.1. The summed E-state index contributed by atoms with van der Waals surface area (Å²) in [6.45, 7) is 0. The van der Waals surface area contributed by atoms with Crippen molar-refractivity contribution in [2.45, 2.75) is 0 Å². The molecule has 114 valence electrons. The van der Waals surface area contributed by atoms with E-state index >= 15 is 0 Å². The predicted octanol–water partition coefficient (Wildman–Crippen LogP) is 3.43. The van der Waals surface area contributed by atoms with E-state index in [2.05, 4.69) is 20.3 Å².